The van der Waals surface area contributed by atoms with Crippen molar-refractivity contribution in [3.63, 3.8) is 0 Å². The molecule has 1 aromatic carbocycles. The predicted molar refractivity (Wildman–Crippen MR) is 115 cm³/mol. The molecule has 2 unspecified atom stereocenters. The highest BCUT2D eigenvalue weighted by Gasteiger charge is 2.44. The van der Waals surface area contributed by atoms with E-state index in [9.17, 15) is 22.7 Å². The van der Waals surface area contributed by atoms with Gasteiger partial charge in [-0.1, -0.05) is 18.2 Å². The number of carbonyl (C=O) groups is 1. The van der Waals surface area contributed by atoms with Gasteiger partial charge in [0.25, 0.3) is 10.2 Å². The maximum atomic E-state index is 13.5. The largest absolute Gasteiger partial charge is 0.465 e. The normalized spacial score (nSPS) is 26.9. The number of hydrogen-bond donors (Lipinski definition) is 2. The zero-order valence-corrected chi connectivity index (χ0v) is 18.8. The highest BCUT2D eigenvalue weighted by atomic mass is 32.2. The Bertz CT molecular complexity index is 937. The molecule has 2 aliphatic rings. The fraction of sp³-hybridized carbons (Fsp3) is 0.571. The van der Waals surface area contributed by atoms with Crippen LogP contribution in [-0.4, -0.2) is 73.8 Å². The van der Waals surface area contributed by atoms with Crippen LogP contribution in [0.25, 0.3) is 5.57 Å². The molecule has 1 aliphatic carbocycles. The minimum atomic E-state index is -3.70. The average Bonchev–Trinajstić information content (AvgIpc) is 3.01. The number of halogens is 1. The molecule has 2 N–H and O–H groups in total. The molecule has 4 atom stereocenters. The molecule has 0 saturated carbocycles. The van der Waals surface area contributed by atoms with Gasteiger partial charge in [-0.2, -0.15) is 17.4 Å². The standard InChI is InChI=1S/C21H30FN3O5S/c1-14-11-19(23-31(28,29)24(2)3)20(25(14)21(26)27)13-30-18-9-7-15(8-10-18)16-5-4-6-17(22)12-16/h4-7,12,14,18-20,23H,8-11,13H2,1-3H3,(H,26,27)/t14-,18?,19+,20?/m1/s1. The van der Waals surface area contributed by atoms with E-state index in [0.717, 1.165) is 28.3 Å². The van der Waals surface area contributed by atoms with Crippen LogP contribution < -0.4 is 4.72 Å². The molecule has 0 aromatic heterocycles. The second-order valence-corrected chi connectivity index (χ2v) is 10.2. The van der Waals surface area contributed by atoms with Gasteiger partial charge in [0.15, 0.2) is 0 Å². The summed E-state index contributed by atoms with van der Waals surface area (Å²) < 4.78 is 47.8. The van der Waals surface area contributed by atoms with Gasteiger partial charge in [-0.15, -0.1) is 0 Å². The van der Waals surface area contributed by atoms with Gasteiger partial charge in [0, 0.05) is 26.2 Å². The van der Waals surface area contributed by atoms with Gasteiger partial charge in [-0.25, -0.2) is 9.18 Å². The maximum Gasteiger partial charge on any atom is 0.407 e. The number of amides is 1. The fourth-order valence-corrected chi connectivity index (χ4v) is 5.10. The third-order valence-corrected chi connectivity index (χ3v) is 7.52. The molecule has 8 nitrogen and oxygen atoms in total. The highest BCUT2D eigenvalue weighted by molar-refractivity contribution is 7.87. The summed E-state index contributed by atoms with van der Waals surface area (Å²) in [7, 11) is -0.859. The van der Waals surface area contributed by atoms with E-state index in [0.29, 0.717) is 12.8 Å². The minimum Gasteiger partial charge on any atom is -0.465 e. The van der Waals surface area contributed by atoms with Crippen molar-refractivity contribution in [3.8, 4) is 0 Å². The first-order valence-corrected chi connectivity index (χ1v) is 11.8. The molecule has 0 bridgehead atoms. The average molecular weight is 456 g/mol. The molecule has 3 rings (SSSR count). The first-order valence-electron chi connectivity index (χ1n) is 10.4. The Morgan fingerprint density at radius 3 is 2.71 bits per heavy atom. The number of allylic oxidation sites excluding steroid dienone is 1. The third kappa shape index (κ3) is 5.62. The van der Waals surface area contributed by atoms with E-state index >= 15 is 0 Å². The fourth-order valence-electron chi connectivity index (χ4n) is 4.26. The molecule has 10 heteroatoms. The zero-order valence-electron chi connectivity index (χ0n) is 18.0. The minimum absolute atomic E-state index is 0.102. The van der Waals surface area contributed by atoms with Crippen LogP contribution in [0.5, 0.6) is 0 Å². The molecule has 1 amide bonds. The summed E-state index contributed by atoms with van der Waals surface area (Å²) >= 11 is 0. The summed E-state index contributed by atoms with van der Waals surface area (Å²) in [6.07, 6.45) is 3.30. The summed E-state index contributed by atoms with van der Waals surface area (Å²) in [4.78, 5) is 13.1. The van der Waals surface area contributed by atoms with Crippen LogP contribution in [0.2, 0.25) is 0 Å². The van der Waals surface area contributed by atoms with E-state index in [2.05, 4.69) is 4.72 Å². The van der Waals surface area contributed by atoms with E-state index in [1.54, 1.807) is 13.0 Å². The van der Waals surface area contributed by atoms with Gasteiger partial charge < -0.3 is 9.84 Å². The lowest BCUT2D eigenvalue weighted by molar-refractivity contribution is 0.00890. The Morgan fingerprint density at radius 2 is 2.13 bits per heavy atom. The number of likely N-dealkylation sites (tertiary alicyclic amines) is 1. The molecule has 172 valence electrons. The molecule has 1 saturated heterocycles. The predicted octanol–water partition coefficient (Wildman–Crippen LogP) is 2.68. The molecule has 1 heterocycles. The van der Waals surface area contributed by atoms with Crippen molar-refractivity contribution in [2.45, 2.75) is 56.8 Å². The van der Waals surface area contributed by atoms with Gasteiger partial charge in [0.2, 0.25) is 0 Å². The van der Waals surface area contributed by atoms with Crippen LogP contribution in [0.15, 0.2) is 30.3 Å². The topological polar surface area (TPSA) is 99.2 Å². The van der Waals surface area contributed by atoms with Gasteiger partial charge in [-0.3, -0.25) is 4.90 Å². The van der Waals surface area contributed by atoms with E-state index in [1.807, 2.05) is 12.1 Å². The summed E-state index contributed by atoms with van der Waals surface area (Å²) in [5.74, 6) is -0.271. The SMILES string of the molecule is C[C@@H]1C[C@H](NS(=O)(=O)N(C)C)C(COC2CC=C(c3cccc(F)c3)CC2)N1C(=O)O. The van der Waals surface area contributed by atoms with Crippen LogP contribution >= 0.6 is 0 Å². The number of benzene rings is 1. The lowest BCUT2D eigenvalue weighted by Crippen LogP contribution is -2.52. The van der Waals surface area contributed by atoms with Crippen LogP contribution in [-0.2, 0) is 14.9 Å². The molecule has 1 aliphatic heterocycles. The molecule has 0 spiro atoms. The number of ether oxygens (including phenoxy) is 1. The third-order valence-electron chi connectivity index (χ3n) is 5.95. The molecule has 31 heavy (non-hydrogen) atoms. The van der Waals surface area contributed by atoms with Crippen molar-refractivity contribution in [3.05, 3.63) is 41.7 Å². The lowest BCUT2D eigenvalue weighted by Gasteiger charge is -2.31. The number of nitrogens with zero attached hydrogens (tertiary/aromatic N) is 2. The van der Waals surface area contributed by atoms with Gasteiger partial charge in [0.1, 0.15) is 5.82 Å². The maximum absolute atomic E-state index is 13.5. The highest BCUT2D eigenvalue weighted by Crippen LogP contribution is 2.30. The van der Waals surface area contributed by atoms with E-state index in [-0.39, 0.29) is 24.6 Å². The smallest absolute Gasteiger partial charge is 0.407 e. The molecular weight excluding hydrogens is 425 g/mol. The summed E-state index contributed by atoms with van der Waals surface area (Å²) in [5.41, 5.74) is 1.93. The first-order chi connectivity index (χ1) is 14.6. The Kier molecular flexibility index (Phi) is 7.35. The van der Waals surface area contributed by atoms with Crippen molar-refractivity contribution in [1.29, 1.82) is 0 Å². The monoisotopic (exact) mass is 455 g/mol. The van der Waals surface area contributed by atoms with Gasteiger partial charge in [0.05, 0.1) is 18.8 Å². The van der Waals surface area contributed by atoms with Gasteiger partial charge >= 0.3 is 6.09 Å². The molecule has 1 fully saturated rings. The summed E-state index contributed by atoms with van der Waals surface area (Å²) in [6, 6.07) is 4.98. The van der Waals surface area contributed by atoms with Crippen LogP contribution in [0.4, 0.5) is 9.18 Å². The first kappa shape index (κ1) is 23.6. The van der Waals surface area contributed by atoms with Crippen molar-refractivity contribution in [2.75, 3.05) is 20.7 Å². The quantitative estimate of drug-likeness (QED) is 0.659. The number of nitrogens with one attached hydrogen (secondary N) is 1. The van der Waals surface area contributed by atoms with Crippen molar-refractivity contribution >= 4 is 21.9 Å². The second kappa shape index (κ2) is 9.64. The summed E-state index contributed by atoms with van der Waals surface area (Å²) in [6.45, 7) is 1.87. The Morgan fingerprint density at radius 1 is 1.39 bits per heavy atom. The number of hydrogen-bond acceptors (Lipinski definition) is 4. The van der Waals surface area contributed by atoms with E-state index in [1.165, 1.54) is 31.1 Å². The Balaban J connectivity index is 1.65. The van der Waals surface area contributed by atoms with Crippen molar-refractivity contribution < 1.29 is 27.4 Å². The lowest BCUT2D eigenvalue weighted by atomic mass is 9.92. The van der Waals surface area contributed by atoms with E-state index in [4.69, 9.17) is 4.74 Å². The second-order valence-electron chi connectivity index (χ2n) is 8.32. The molecular formula is C21H30FN3O5S. The summed E-state index contributed by atoms with van der Waals surface area (Å²) in [5, 5.41) is 9.64. The van der Waals surface area contributed by atoms with Crippen LogP contribution in [0, 0.1) is 5.82 Å². The van der Waals surface area contributed by atoms with Gasteiger partial charge in [-0.05, 0) is 55.9 Å². The number of rotatable bonds is 7. The number of carboxylic acid groups (broad SMARTS) is 1. The Hall–Kier alpha value is -2.01. The van der Waals surface area contributed by atoms with E-state index < -0.39 is 28.4 Å². The van der Waals surface area contributed by atoms with Crippen LogP contribution in [0.3, 0.4) is 0 Å². The van der Waals surface area contributed by atoms with Crippen molar-refractivity contribution in [1.82, 2.24) is 13.9 Å². The molecule has 1 aromatic rings. The zero-order chi connectivity index (χ0) is 22.8. The molecule has 0 radical (unpaired) electrons. The Labute approximate surface area is 182 Å². The van der Waals surface area contributed by atoms with Crippen LogP contribution in [0.1, 0.15) is 38.2 Å². The van der Waals surface area contributed by atoms with Crippen molar-refractivity contribution in [2.24, 2.45) is 0 Å².